The maximum atomic E-state index is 11.6. The van der Waals surface area contributed by atoms with Crippen molar-refractivity contribution in [1.29, 1.82) is 0 Å². The maximum absolute atomic E-state index is 11.6. The highest BCUT2D eigenvalue weighted by Gasteiger charge is 2.26. The summed E-state index contributed by atoms with van der Waals surface area (Å²) >= 11 is 0. The van der Waals surface area contributed by atoms with Crippen LogP contribution in [0.5, 0.6) is 0 Å². The average Bonchev–Trinajstić information content (AvgIpc) is 2.67. The Kier molecular flexibility index (Phi) is 13.3. The van der Waals surface area contributed by atoms with E-state index in [-0.39, 0.29) is 49.0 Å². The molecule has 0 aliphatic carbocycles. The van der Waals surface area contributed by atoms with Crippen molar-refractivity contribution in [3.63, 3.8) is 0 Å². The Morgan fingerprint density at radius 3 is 1.73 bits per heavy atom. The Morgan fingerprint density at radius 2 is 1.33 bits per heavy atom. The van der Waals surface area contributed by atoms with Crippen LogP contribution in [0, 0.1) is 23.7 Å². The number of ketones is 1. The molecule has 1 rings (SSSR count). The molecule has 33 heavy (non-hydrogen) atoms. The molecule has 0 radical (unpaired) electrons. The van der Waals surface area contributed by atoms with Crippen LogP contribution >= 0.6 is 0 Å². The number of aliphatic carboxylic acids is 1. The van der Waals surface area contributed by atoms with Crippen molar-refractivity contribution in [2.24, 2.45) is 23.7 Å². The second-order valence-corrected chi connectivity index (χ2v) is 9.79. The van der Waals surface area contributed by atoms with Crippen LogP contribution in [0.1, 0.15) is 73.8 Å². The molecule has 1 aromatic carbocycles. The van der Waals surface area contributed by atoms with Crippen molar-refractivity contribution in [3.8, 4) is 0 Å². The summed E-state index contributed by atoms with van der Waals surface area (Å²) in [6, 6.07) is 9.30. The molecule has 186 valence electrons. The van der Waals surface area contributed by atoms with Gasteiger partial charge in [0, 0.05) is 5.92 Å². The van der Waals surface area contributed by atoms with Crippen LogP contribution in [0.25, 0.3) is 0 Å². The van der Waals surface area contributed by atoms with Gasteiger partial charge in [0.25, 0.3) is 0 Å². The molecule has 2 atom stereocenters. The van der Waals surface area contributed by atoms with Gasteiger partial charge in [-0.25, -0.2) is 0 Å². The predicted octanol–water partition coefficient (Wildman–Crippen LogP) is 5.06. The second-order valence-electron chi connectivity index (χ2n) is 9.79. The SMILES string of the molecule is CC(=O)[C@@H](CC(=O)OC(C)(C)C)C(C)C.CC(C)[C@H](CC(=O)OCc1ccccc1)C(=O)O. The molecule has 0 spiro atoms. The van der Waals surface area contributed by atoms with Gasteiger partial charge in [-0.3, -0.25) is 19.2 Å². The molecule has 7 nitrogen and oxygen atoms in total. The minimum atomic E-state index is -0.957. The summed E-state index contributed by atoms with van der Waals surface area (Å²) in [6.07, 6.45) is 0.101. The molecular formula is C26H40O7. The first kappa shape index (κ1) is 30.3. The lowest BCUT2D eigenvalue weighted by Crippen LogP contribution is -2.28. The largest absolute Gasteiger partial charge is 0.481 e. The molecule has 0 saturated heterocycles. The molecule has 0 aliphatic rings. The highest BCUT2D eigenvalue weighted by Crippen LogP contribution is 2.19. The van der Waals surface area contributed by atoms with E-state index in [1.165, 1.54) is 6.92 Å². The smallest absolute Gasteiger partial charge is 0.307 e. The fourth-order valence-corrected chi connectivity index (χ4v) is 3.00. The standard InChI is InChI=1S/C14H18O4.C12H22O3/c1-10(2)12(14(16)17)8-13(15)18-9-11-6-4-3-5-7-11;1-8(2)10(9(3)13)7-11(14)15-12(4,5)6/h3-7,10,12H,8-9H2,1-2H3,(H,16,17);8,10H,7H2,1-6H3/t12-;10-/m00/s1. The van der Waals surface area contributed by atoms with Crippen molar-refractivity contribution in [2.75, 3.05) is 0 Å². The molecule has 0 heterocycles. The van der Waals surface area contributed by atoms with Gasteiger partial charge in [0.05, 0.1) is 18.8 Å². The van der Waals surface area contributed by atoms with Gasteiger partial charge in [0.2, 0.25) is 0 Å². The molecule has 0 aromatic heterocycles. The topological polar surface area (TPSA) is 107 Å². The molecule has 7 heteroatoms. The van der Waals surface area contributed by atoms with Crippen molar-refractivity contribution in [1.82, 2.24) is 0 Å². The monoisotopic (exact) mass is 464 g/mol. The maximum Gasteiger partial charge on any atom is 0.307 e. The Balaban J connectivity index is 0.000000633. The minimum absolute atomic E-state index is 0.0517. The van der Waals surface area contributed by atoms with Crippen molar-refractivity contribution in [2.45, 2.75) is 80.4 Å². The number of carboxylic acids is 1. The lowest BCUT2D eigenvalue weighted by molar-refractivity contribution is -0.157. The lowest BCUT2D eigenvalue weighted by atomic mass is 9.89. The third-order valence-electron chi connectivity index (χ3n) is 4.88. The number of carboxylic acid groups (broad SMARTS) is 1. The zero-order chi connectivity index (χ0) is 25.8. The van der Waals surface area contributed by atoms with Crippen LogP contribution in [-0.4, -0.2) is 34.4 Å². The van der Waals surface area contributed by atoms with Crippen LogP contribution in [0.3, 0.4) is 0 Å². The first-order valence-corrected chi connectivity index (χ1v) is 11.3. The summed E-state index contributed by atoms with van der Waals surface area (Å²) in [5.41, 5.74) is 0.414. The van der Waals surface area contributed by atoms with E-state index >= 15 is 0 Å². The van der Waals surface area contributed by atoms with Gasteiger partial charge in [-0.1, -0.05) is 58.0 Å². The summed E-state index contributed by atoms with van der Waals surface area (Å²) in [5, 5.41) is 8.97. The van der Waals surface area contributed by atoms with Gasteiger partial charge >= 0.3 is 17.9 Å². The molecule has 0 aliphatic heterocycles. The normalized spacial score (nSPS) is 12.9. The molecule has 0 amide bonds. The third kappa shape index (κ3) is 14.1. The highest BCUT2D eigenvalue weighted by molar-refractivity contribution is 5.83. The van der Waals surface area contributed by atoms with Gasteiger partial charge < -0.3 is 14.6 Å². The number of benzene rings is 1. The van der Waals surface area contributed by atoms with E-state index in [1.54, 1.807) is 13.8 Å². The van der Waals surface area contributed by atoms with E-state index in [0.717, 1.165) is 5.56 Å². The lowest BCUT2D eigenvalue weighted by Gasteiger charge is -2.22. The number of carbonyl (C=O) groups excluding carboxylic acids is 3. The van der Waals surface area contributed by atoms with Crippen LogP contribution in [0.2, 0.25) is 0 Å². The molecule has 1 aromatic rings. The van der Waals surface area contributed by atoms with E-state index in [4.69, 9.17) is 14.6 Å². The number of hydrogen-bond donors (Lipinski definition) is 1. The average molecular weight is 465 g/mol. The summed E-state index contributed by atoms with van der Waals surface area (Å²) in [5.74, 6) is -2.50. The van der Waals surface area contributed by atoms with Gasteiger partial charge in [-0.05, 0) is 45.1 Å². The number of rotatable bonds is 10. The fraction of sp³-hybridized carbons (Fsp3) is 0.615. The number of esters is 2. The van der Waals surface area contributed by atoms with Gasteiger partial charge in [-0.15, -0.1) is 0 Å². The summed E-state index contributed by atoms with van der Waals surface area (Å²) < 4.78 is 10.2. The molecule has 0 bridgehead atoms. The summed E-state index contributed by atoms with van der Waals surface area (Å²) in [6.45, 7) is 14.6. The number of carbonyl (C=O) groups is 4. The van der Waals surface area contributed by atoms with Crippen molar-refractivity contribution < 1.29 is 33.8 Å². The quantitative estimate of drug-likeness (QED) is 0.482. The Bertz CT molecular complexity index is 761. The van der Waals surface area contributed by atoms with Crippen LogP contribution in [0.4, 0.5) is 0 Å². The summed E-state index contributed by atoms with van der Waals surface area (Å²) in [7, 11) is 0. The highest BCUT2D eigenvalue weighted by atomic mass is 16.6. The predicted molar refractivity (Wildman–Crippen MR) is 126 cm³/mol. The van der Waals surface area contributed by atoms with Crippen LogP contribution in [-0.2, 0) is 35.3 Å². The van der Waals surface area contributed by atoms with Crippen LogP contribution in [0.15, 0.2) is 30.3 Å². The molecule has 0 fully saturated rings. The van der Waals surface area contributed by atoms with Gasteiger partial charge in [-0.2, -0.15) is 0 Å². The van der Waals surface area contributed by atoms with E-state index in [0.29, 0.717) is 0 Å². The minimum Gasteiger partial charge on any atom is -0.481 e. The van der Waals surface area contributed by atoms with E-state index < -0.39 is 23.5 Å². The molecule has 1 N–H and O–H groups in total. The third-order valence-corrected chi connectivity index (χ3v) is 4.88. The first-order chi connectivity index (χ1) is 15.1. The fourth-order valence-electron chi connectivity index (χ4n) is 3.00. The Hall–Kier alpha value is -2.70. The molecule has 0 saturated carbocycles. The number of hydrogen-bond acceptors (Lipinski definition) is 6. The number of Topliss-reactive ketones (excluding diaryl/α,β-unsaturated/α-hetero) is 1. The zero-order valence-corrected chi connectivity index (χ0v) is 21.2. The zero-order valence-electron chi connectivity index (χ0n) is 21.2. The Labute approximate surface area is 197 Å². The van der Waals surface area contributed by atoms with Gasteiger partial charge in [0.1, 0.15) is 18.0 Å². The van der Waals surface area contributed by atoms with E-state index in [9.17, 15) is 19.2 Å². The van der Waals surface area contributed by atoms with Gasteiger partial charge in [0.15, 0.2) is 0 Å². The molecule has 0 unspecified atom stereocenters. The van der Waals surface area contributed by atoms with Crippen LogP contribution < -0.4 is 0 Å². The Morgan fingerprint density at radius 1 is 0.848 bits per heavy atom. The van der Waals surface area contributed by atoms with Crippen molar-refractivity contribution >= 4 is 23.7 Å². The number of ether oxygens (including phenoxy) is 2. The van der Waals surface area contributed by atoms with E-state index in [2.05, 4.69) is 0 Å². The first-order valence-electron chi connectivity index (χ1n) is 11.3. The van der Waals surface area contributed by atoms with Crippen molar-refractivity contribution in [3.05, 3.63) is 35.9 Å². The summed E-state index contributed by atoms with van der Waals surface area (Å²) in [4.78, 5) is 45.3. The molecular weight excluding hydrogens is 424 g/mol. The van der Waals surface area contributed by atoms with E-state index in [1.807, 2.05) is 65.0 Å². The second kappa shape index (κ2) is 14.4.